The van der Waals surface area contributed by atoms with Gasteiger partial charge in [0.05, 0.1) is 12.1 Å². The van der Waals surface area contributed by atoms with Crippen molar-refractivity contribution in [2.75, 3.05) is 16.8 Å². The Labute approximate surface area is 141 Å². The van der Waals surface area contributed by atoms with Crippen LogP contribution in [0.4, 0.5) is 16.6 Å². The molecule has 1 unspecified atom stereocenters. The molecule has 2 aromatic rings. The smallest absolute Gasteiger partial charge is 0.415 e. The monoisotopic (exact) mass is 326 g/mol. The number of benzene rings is 1. The largest absolute Gasteiger partial charge is 0.447 e. The van der Waals surface area contributed by atoms with Crippen LogP contribution in [-0.4, -0.2) is 28.7 Å². The van der Waals surface area contributed by atoms with E-state index in [0.29, 0.717) is 18.4 Å². The Morgan fingerprint density at radius 3 is 2.67 bits per heavy atom. The number of aromatic nitrogens is 2. The molecular weight excluding hydrogens is 304 g/mol. The van der Waals surface area contributed by atoms with Gasteiger partial charge in [-0.2, -0.15) is 4.98 Å². The third kappa shape index (κ3) is 3.32. The zero-order valence-corrected chi connectivity index (χ0v) is 14.1. The number of rotatable bonds is 5. The van der Waals surface area contributed by atoms with Crippen LogP contribution in [0.5, 0.6) is 0 Å². The predicted molar refractivity (Wildman–Crippen MR) is 93.0 cm³/mol. The number of anilines is 2. The first-order valence-electron chi connectivity index (χ1n) is 8.17. The Balaban J connectivity index is 1.80. The minimum atomic E-state index is -0.352. The fourth-order valence-corrected chi connectivity index (χ4v) is 2.76. The van der Waals surface area contributed by atoms with Crippen LogP contribution >= 0.6 is 0 Å². The van der Waals surface area contributed by atoms with Crippen molar-refractivity contribution in [1.82, 2.24) is 9.97 Å². The van der Waals surface area contributed by atoms with Gasteiger partial charge in [0.15, 0.2) is 0 Å². The van der Waals surface area contributed by atoms with E-state index < -0.39 is 0 Å². The molecular formula is C18H22N4O2. The topological polar surface area (TPSA) is 67.3 Å². The maximum absolute atomic E-state index is 12.1. The van der Waals surface area contributed by atoms with Gasteiger partial charge in [0.2, 0.25) is 5.95 Å². The van der Waals surface area contributed by atoms with E-state index in [-0.39, 0.29) is 24.1 Å². The molecule has 1 N–H and O–H groups in total. The number of carbonyl (C=O) groups excluding carboxylic acids is 1. The molecule has 0 bridgehead atoms. The van der Waals surface area contributed by atoms with Gasteiger partial charge in [-0.25, -0.2) is 9.78 Å². The van der Waals surface area contributed by atoms with E-state index in [1.807, 2.05) is 37.3 Å². The van der Waals surface area contributed by atoms with Crippen LogP contribution in [0.2, 0.25) is 0 Å². The summed E-state index contributed by atoms with van der Waals surface area (Å²) in [6.45, 7) is 6.57. The minimum absolute atomic E-state index is 0.00760. The van der Waals surface area contributed by atoms with Crippen LogP contribution in [-0.2, 0) is 4.74 Å². The van der Waals surface area contributed by atoms with Gasteiger partial charge >= 0.3 is 6.09 Å². The number of nitrogens with one attached hydrogen (secondary N) is 1. The molecule has 0 aliphatic carbocycles. The van der Waals surface area contributed by atoms with Crippen LogP contribution in [0.25, 0.3) is 0 Å². The zero-order chi connectivity index (χ0) is 17.1. The lowest BCUT2D eigenvalue weighted by Gasteiger charge is -2.23. The Bertz CT molecular complexity index is 705. The maximum atomic E-state index is 12.1. The summed E-state index contributed by atoms with van der Waals surface area (Å²) in [7, 11) is 0. The van der Waals surface area contributed by atoms with E-state index in [9.17, 15) is 4.79 Å². The molecule has 1 amide bonds. The highest BCUT2D eigenvalue weighted by Gasteiger charge is 2.37. The Hall–Kier alpha value is -2.63. The molecule has 0 saturated carbocycles. The van der Waals surface area contributed by atoms with Crippen LogP contribution in [0.1, 0.15) is 32.4 Å². The van der Waals surface area contributed by atoms with Crippen molar-refractivity contribution in [2.45, 2.75) is 32.9 Å². The number of ether oxygens (including phenoxy) is 1. The standard InChI is InChI=1S/C18H22N4O2/c1-12(2)15-11-24-18(23)22(15)16-9-10-19-17(21-16)20-13(3)14-7-5-4-6-8-14/h4-10,12-13,15H,11H2,1-3H3,(H,19,20,21)/t13-,15?/m1/s1. The van der Waals surface area contributed by atoms with Crippen LogP contribution < -0.4 is 10.2 Å². The summed E-state index contributed by atoms with van der Waals surface area (Å²) < 4.78 is 5.19. The number of hydrogen-bond donors (Lipinski definition) is 1. The van der Waals surface area contributed by atoms with E-state index in [1.54, 1.807) is 17.2 Å². The van der Waals surface area contributed by atoms with Crippen molar-refractivity contribution in [3.05, 3.63) is 48.2 Å². The summed E-state index contributed by atoms with van der Waals surface area (Å²) in [6.07, 6.45) is 1.31. The molecule has 0 radical (unpaired) electrons. The van der Waals surface area contributed by atoms with Gasteiger partial charge in [0.1, 0.15) is 12.4 Å². The normalized spacial score (nSPS) is 18.6. The second-order valence-corrected chi connectivity index (χ2v) is 6.27. The van der Waals surface area contributed by atoms with Gasteiger partial charge in [0.25, 0.3) is 0 Å². The van der Waals surface area contributed by atoms with Crippen LogP contribution in [0.3, 0.4) is 0 Å². The highest BCUT2D eigenvalue weighted by molar-refractivity contribution is 5.89. The van der Waals surface area contributed by atoms with E-state index in [1.165, 1.54) is 0 Å². The van der Waals surface area contributed by atoms with Gasteiger partial charge in [0, 0.05) is 6.20 Å². The lowest BCUT2D eigenvalue weighted by atomic mass is 10.0. The van der Waals surface area contributed by atoms with Gasteiger partial charge in [-0.15, -0.1) is 0 Å². The maximum Gasteiger partial charge on any atom is 0.415 e. The predicted octanol–water partition coefficient (Wildman–Crippen LogP) is 3.63. The molecule has 1 aliphatic rings. The fraction of sp³-hybridized carbons (Fsp3) is 0.389. The Kier molecular flexibility index (Phi) is 4.64. The average Bonchev–Trinajstić information content (AvgIpc) is 2.98. The van der Waals surface area contributed by atoms with Gasteiger partial charge in [-0.1, -0.05) is 44.2 Å². The minimum Gasteiger partial charge on any atom is -0.447 e. The van der Waals surface area contributed by atoms with E-state index >= 15 is 0 Å². The fourth-order valence-electron chi connectivity index (χ4n) is 2.76. The van der Waals surface area contributed by atoms with Crippen molar-refractivity contribution in [1.29, 1.82) is 0 Å². The molecule has 2 atom stereocenters. The number of hydrogen-bond acceptors (Lipinski definition) is 5. The number of carbonyl (C=O) groups is 1. The highest BCUT2D eigenvalue weighted by Crippen LogP contribution is 2.26. The van der Waals surface area contributed by atoms with Crippen LogP contribution in [0.15, 0.2) is 42.6 Å². The molecule has 126 valence electrons. The molecule has 1 saturated heterocycles. The average molecular weight is 326 g/mol. The van der Waals surface area contributed by atoms with Crippen LogP contribution in [0, 0.1) is 5.92 Å². The molecule has 3 rings (SSSR count). The number of cyclic esters (lactones) is 1. The van der Waals surface area contributed by atoms with Crippen molar-refractivity contribution < 1.29 is 9.53 Å². The molecule has 2 heterocycles. The zero-order valence-electron chi connectivity index (χ0n) is 14.1. The Morgan fingerprint density at radius 2 is 1.96 bits per heavy atom. The molecule has 6 nitrogen and oxygen atoms in total. The van der Waals surface area contributed by atoms with E-state index in [4.69, 9.17) is 4.74 Å². The first-order valence-corrected chi connectivity index (χ1v) is 8.17. The summed E-state index contributed by atoms with van der Waals surface area (Å²) in [6, 6.07) is 11.9. The summed E-state index contributed by atoms with van der Waals surface area (Å²) in [5.74, 6) is 1.34. The molecule has 0 spiro atoms. The highest BCUT2D eigenvalue weighted by atomic mass is 16.6. The van der Waals surface area contributed by atoms with E-state index in [2.05, 4.69) is 29.1 Å². The lowest BCUT2D eigenvalue weighted by molar-refractivity contribution is 0.177. The summed E-state index contributed by atoms with van der Waals surface area (Å²) in [5.41, 5.74) is 1.15. The van der Waals surface area contributed by atoms with Crippen molar-refractivity contribution >= 4 is 17.9 Å². The first-order chi connectivity index (χ1) is 11.6. The second-order valence-electron chi connectivity index (χ2n) is 6.27. The summed E-state index contributed by atoms with van der Waals surface area (Å²) >= 11 is 0. The van der Waals surface area contributed by atoms with Gasteiger partial charge in [-0.05, 0) is 24.5 Å². The first kappa shape index (κ1) is 16.2. The molecule has 6 heteroatoms. The summed E-state index contributed by atoms with van der Waals surface area (Å²) in [5, 5.41) is 3.28. The van der Waals surface area contributed by atoms with Gasteiger partial charge in [-0.3, -0.25) is 4.90 Å². The van der Waals surface area contributed by atoms with E-state index in [0.717, 1.165) is 5.56 Å². The second kappa shape index (κ2) is 6.86. The third-order valence-corrected chi connectivity index (χ3v) is 4.21. The molecule has 1 fully saturated rings. The van der Waals surface area contributed by atoms with Crippen molar-refractivity contribution in [2.24, 2.45) is 5.92 Å². The number of nitrogens with zero attached hydrogens (tertiary/aromatic N) is 3. The van der Waals surface area contributed by atoms with Gasteiger partial charge < -0.3 is 10.1 Å². The number of amides is 1. The van der Waals surface area contributed by atoms with Crippen molar-refractivity contribution in [3.63, 3.8) is 0 Å². The summed E-state index contributed by atoms with van der Waals surface area (Å²) in [4.78, 5) is 22.5. The molecule has 1 aromatic carbocycles. The molecule has 1 aromatic heterocycles. The lowest BCUT2D eigenvalue weighted by Crippen LogP contribution is -2.37. The molecule has 1 aliphatic heterocycles. The Morgan fingerprint density at radius 1 is 1.21 bits per heavy atom. The van der Waals surface area contributed by atoms with Crippen molar-refractivity contribution in [3.8, 4) is 0 Å². The SMILES string of the molecule is CC(C)C1COC(=O)N1c1ccnc(N[C@H](C)c2ccccc2)n1. The quantitative estimate of drug-likeness (QED) is 0.909. The third-order valence-electron chi connectivity index (χ3n) is 4.21. The molecule has 24 heavy (non-hydrogen) atoms.